The van der Waals surface area contributed by atoms with Gasteiger partial charge >= 0.3 is 0 Å². The van der Waals surface area contributed by atoms with Gasteiger partial charge in [0.05, 0.1) is 12.3 Å². The third-order valence-corrected chi connectivity index (χ3v) is 6.61. The zero-order chi connectivity index (χ0) is 21.1. The molecule has 164 valence electrons. The molecule has 1 atom stereocenters. The van der Waals surface area contributed by atoms with E-state index in [2.05, 4.69) is 39.1 Å². The number of benzene rings is 1. The van der Waals surface area contributed by atoms with Gasteiger partial charge < -0.3 is 15.5 Å². The Balaban J connectivity index is 1.85. The third kappa shape index (κ3) is 8.72. The molecule has 3 N–H and O–H groups in total. The summed E-state index contributed by atoms with van der Waals surface area (Å²) in [6.45, 7) is 8.91. The van der Waals surface area contributed by atoms with Crippen LogP contribution in [0.3, 0.4) is 0 Å². The molecular formula is C21H37N5O2S. The Hall–Kier alpha value is -1.64. The van der Waals surface area contributed by atoms with E-state index in [1.807, 2.05) is 24.3 Å². The van der Waals surface area contributed by atoms with E-state index >= 15 is 0 Å². The smallest absolute Gasteiger partial charge is 0.215 e. The van der Waals surface area contributed by atoms with Crippen molar-refractivity contribution in [1.82, 2.24) is 20.3 Å². The molecule has 2 rings (SSSR count). The highest BCUT2D eigenvalue weighted by atomic mass is 32.2. The van der Waals surface area contributed by atoms with E-state index in [0.717, 1.165) is 43.1 Å². The number of nitrogens with one attached hydrogen (secondary N) is 3. The van der Waals surface area contributed by atoms with Crippen LogP contribution in [0, 0.1) is 0 Å². The first-order valence-electron chi connectivity index (χ1n) is 10.7. The van der Waals surface area contributed by atoms with Crippen LogP contribution < -0.4 is 15.4 Å². The summed E-state index contributed by atoms with van der Waals surface area (Å²) in [7, 11) is -1.84. The summed E-state index contributed by atoms with van der Waals surface area (Å²) in [5.41, 5.74) is 1.76. The molecule has 1 unspecified atom stereocenters. The number of guanidine groups is 1. The van der Waals surface area contributed by atoms with Gasteiger partial charge in [-0.3, -0.25) is 0 Å². The van der Waals surface area contributed by atoms with Gasteiger partial charge in [-0.25, -0.2) is 18.1 Å². The second kappa shape index (κ2) is 12.1. The van der Waals surface area contributed by atoms with Crippen molar-refractivity contribution in [1.29, 1.82) is 0 Å². The Labute approximate surface area is 176 Å². The fourth-order valence-electron chi connectivity index (χ4n) is 3.60. The van der Waals surface area contributed by atoms with E-state index in [9.17, 15) is 8.42 Å². The molecule has 1 aliphatic heterocycles. The summed E-state index contributed by atoms with van der Waals surface area (Å²) in [6.07, 6.45) is 5.07. The van der Waals surface area contributed by atoms with Gasteiger partial charge in [0.1, 0.15) is 0 Å². The molecule has 8 heteroatoms. The lowest BCUT2D eigenvalue weighted by atomic mass is 10.0. The number of sulfonamides is 1. The van der Waals surface area contributed by atoms with Crippen molar-refractivity contribution in [2.24, 2.45) is 4.99 Å². The fraction of sp³-hybridized carbons (Fsp3) is 0.667. The highest BCUT2D eigenvalue weighted by Crippen LogP contribution is 2.16. The molecule has 0 amide bonds. The Morgan fingerprint density at radius 3 is 2.76 bits per heavy atom. The molecule has 0 saturated carbocycles. The van der Waals surface area contributed by atoms with Crippen LogP contribution in [-0.2, 0) is 22.3 Å². The van der Waals surface area contributed by atoms with Crippen LogP contribution in [0.2, 0.25) is 0 Å². The summed E-state index contributed by atoms with van der Waals surface area (Å²) >= 11 is 0. The van der Waals surface area contributed by atoms with Crippen molar-refractivity contribution < 1.29 is 8.42 Å². The fourth-order valence-corrected chi connectivity index (χ4v) is 4.36. The van der Waals surface area contributed by atoms with Gasteiger partial charge in [0, 0.05) is 25.7 Å². The van der Waals surface area contributed by atoms with Crippen LogP contribution in [0.25, 0.3) is 0 Å². The lowest BCUT2D eigenvalue weighted by Crippen LogP contribution is -2.41. The highest BCUT2D eigenvalue weighted by Gasteiger charge is 2.17. The van der Waals surface area contributed by atoms with Crippen molar-refractivity contribution in [3.8, 4) is 0 Å². The zero-order valence-corrected chi connectivity index (χ0v) is 18.9. The maximum atomic E-state index is 11.8. The summed E-state index contributed by atoms with van der Waals surface area (Å²) < 4.78 is 25.9. The van der Waals surface area contributed by atoms with Crippen molar-refractivity contribution in [2.75, 3.05) is 33.2 Å². The predicted octanol–water partition coefficient (Wildman–Crippen LogP) is 2.06. The monoisotopic (exact) mass is 423 g/mol. The van der Waals surface area contributed by atoms with Gasteiger partial charge in [-0.2, -0.15) is 0 Å². The first-order chi connectivity index (χ1) is 13.9. The standard InChI is InChI=1S/C21H37N5O2S/c1-4-23-21(24-12-8-14-26-13-6-5-9-18(26)2)25-16-19-10-7-11-20(15-19)17-29(27,28)22-3/h7,10-11,15,18,22H,4-6,8-9,12-14,16-17H2,1-3H3,(H2,23,24,25). The first-order valence-corrected chi connectivity index (χ1v) is 12.3. The number of nitrogens with zero attached hydrogens (tertiary/aromatic N) is 2. The molecule has 0 aliphatic carbocycles. The molecule has 0 spiro atoms. The van der Waals surface area contributed by atoms with E-state index in [4.69, 9.17) is 0 Å². The number of hydrogen-bond acceptors (Lipinski definition) is 4. The molecule has 0 aromatic heterocycles. The third-order valence-electron chi connectivity index (χ3n) is 5.28. The zero-order valence-electron chi connectivity index (χ0n) is 18.1. The molecule has 1 aromatic carbocycles. The average molecular weight is 424 g/mol. The number of likely N-dealkylation sites (tertiary alicyclic amines) is 1. The SMILES string of the molecule is CCNC(=NCc1cccc(CS(=O)(=O)NC)c1)NCCCN1CCCCC1C. The Kier molecular flexibility index (Phi) is 9.90. The van der Waals surface area contributed by atoms with Crippen molar-refractivity contribution in [2.45, 2.75) is 57.9 Å². The van der Waals surface area contributed by atoms with E-state index in [1.165, 1.54) is 32.9 Å². The average Bonchev–Trinajstić information content (AvgIpc) is 2.70. The van der Waals surface area contributed by atoms with Crippen LogP contribution in [0.4, 0.5) is 0 Å². The minimum Gasteiger partial charge on any atom is -0.357 e. The highest BCUT2D eigenvalue weighted by molar-refractivity contribution is 7.88. The Bertz CT molecular complexity index is 751. The summed E-state index contributed by atoms with van der Waals surface area (Å²) in [4.78, 5) is 7.24. The second-order valence-electron chi connectivity index (χ2n) is 7.64. The van der Waals surface area contributed by atoms with Gasteiger partial charge in [-0.05, 0) is 57.8 Å². The van der Waals surface area contributed by atoms with Crippen LogP contribution in [-0.4, -0.2) is 58.5 Å². The Morgan fingerprint density at radius 2 is 2.03 bits per heavy atom. The summed E-state index contributed by atoms with van der Waals surface area (Å²) in [5.74, 6) is 0.779. The van der Waals surface area contributed by atoms with Crippen molar-refractivity contribution in [3.05, 3.63) is 35.4 Å². The number of rotatable bonds is 10. The normalized spacial score (nSPS) is 18.6. The minimum absolute atomic E-state index is 0.0195. The Morgan fingerprint density at radius 1 is 1.24 bits per heavy atom. The molecule has 1 aromatic rings. The van der Waals surface area contributed by atoms with Gasteiger partial charge in [-0.1, -0.05) is 30.7 Å². The molecule has 0 radical (unpaired) electrons. The first kappa shape index (κ1) is 23.6. The number of piperidine rings is 1. The maximum Gasteiger partial charge on any atom is 0.215 e. The van der Waals surface area contributed by atoms with Crippen LogP contribution in [0.1, 0.15) is 50.7 Å². The lowest BCUT2D eigenvalue weighted by Gasteiger charge is -2.33. The van der Waals surface area contributed by atoms with Crippen molar-refractivity contribution >= 4 is 16.0 Å². The molecule has 1 heterocycles. The van der Waals surface area contributed by atoms with E-state index in [1.54, 1.807) is 0 Å². The van der Waals surface area contributed by atoms with Crippen molar-refractivity contribution in [3.63, 3.8) is 0 Å². The lowest BCUT2D eigenvalue weighted by molar-refractivity contribution is 0.159. The van der Waals surface area contributed by atoms with Crippen LogP contribution in [0.5, 0.6) is 0 Å². The van der Waals surface area contributed by atoms with E-state index in [-0.39, 0.29) is 5.75 Å². The molecule has 1 aliphatic rings. The van der Waals surface area contributed by atoms with Gasteiger partial charge in [0.2, 0.25) is 10.0 Å². The maximum absolute atomic E-state index is 11.8. The van der Waals surface area contributed by atoms with Gasteiger partial charge in [-0.15, -0.1) is 0 Å². The van der Waals surface area contributed by atoms with Gasteiger partial charge in [0.15, 0.2) is 5.96 Å². The van der Waals surface area contributed by atoms with E-state index in [0.29, 0.717) is 12.6 Å². The topological polar surface area (TPSA) is 85.8 Å². The summed E-state index contributed by atoms with van der Waals surface area (Å²) in [6, 6.07) is 8.28. The molecular weight excluding hydrogens is 386 g/mol. The van der Waals surface area contributed by atoms with Crippen LogP contribution in [0.15, 0.2) is 29.3 Å². The molecule has 7 nitrogen and oxygen atoms in total. The second-order valence-corrected chi connectivity index (χ2v) is 9.57. The molecule has 29 heavy (non-hydrogen) atoms. The van der Waals surface area contributed by atoms with Gasteiger partial charge in [0.25, 0.3) is 0 Å². The number of aliphatic imine (C=N–C) groups is 1. The van der Waals surface area contributed by atoms with E-state index < -0.39 is 10.0 Å². The summed E-state index contributed by atoms with van der Waals surface area (Å²) in [5, 5.41) is 6.70. The van der Waals surface area contributed by atoms with Crippen LogP contribution >= 0.6 is 0 Å². The minimum atomic E-state index is -3.27. The largest absolute Gasteiger partial charge is 0.357 e. The number of hydrogen-bond donors (Lipinski definition) is 3. The molecule has 0 bridgehead atoms. The predicted molar refractivity (Wildman–Crippen MR) is 120 cm³/mol. The molecule has 1 saturated heterocycles. The molecule has 1 fully saturated rings. The quantitative estimate of drug-likeness (QED) is 0.305.